The van der Waals surface area contributed by atoms with Crippen LogP contribution >= 0.6 is 11.6 Å². The molecule has 3 heterocycles. The molecule has 1 aliphatic heterocycles. The molecule has 0 amide bonds. The van der Waals surface area contributed by atoms with E-state index < -0.39 is 5.97 Å². The van der Waals surface area contributed by atoms with Gasteiger partial charge in [-0.2, -0.15) is 5.26 Å². The lowest BCUT2D eigenvalue weighted by Crippen LogP contribution is -2.37. The van der Waals surface area contributed by atoms with E-state index in [9.17, 15) is 10.1 Å². The summed E-state index contributed by atoms with van der Waals surface area (Å²) in [6.45, 7) is 2.45. The molecular weight excluding hydrogens is 394 g/mol. The van der Waals surface area contributed by atoms with E-state index in [4.69, 9.17) is 26.1 Å². The normalized spacial score (nSPS) is 13.9. The lowest BCUT2D eigenvalue weighted by Gasteiger charge is -2.27. The molecule has 1 fully saturated rings. The molecule has 0 bridgehead atoms. The smallest absolute Gasteiger partial charge is 0.356 e. The summed E-state index contributed by atoms with van der Waals surface area (Å²) in [7, 11) is 1.28. The van der Waals surface area contributed by atoms with Crippen LogP contribution in [0.2, 0.25) is 5.02 Å². The number of carbonyl (C=O) groups excluding carboxylic acids is 1. The highest BCUT2D eigenvalue weighted by molar-refractivity contribution is 6.35. The van der Waals surface area contributed by atoms with Crippen LogP contribution in [-0.4, -0.2) is 54.3 Å². The van der Waals surface area contributed by atoms with Crippen LogP contribution in [0.1, 0.15) is 16.1 Å². The summed E-state index contributed by atoms with van der Waals surface area (Å²) in [4.78, 5) is 27.8. The van der Waals surface area contributed by atoms with E-state index in [-0.39, 0.29) is 10.7 Å². The van der Waals surface area contributed by atoms with Crippen LogP contribution in [-0.2, 0) is 9.47 Å². The van der Waals surface area contributed by atoms with Crippen molar-refractivity contribution in [1.82, 2.24) is 15.0 Å². The molecule has 0 spiro atoms. The highest BCUT2D eigenvalue weighted by Gasteiger charge is 2.21. The van der Waals surface area contributed by atoms with Crippen LogP contribution in [0.4, 0.5) is 5.95 Å². The molecule has 29 heavy (non-hydrogen) atoms. The molecular formula is C20H16ClN5O3. The number of carbonyl (C=O) groups is 1. The van der Waals surface area contributed by atoms with Gasteiger partial charge in [-0.3, -0.25) is 0 Å². The second-order valence-electron chi connectivity index (χ2n) is 6.34. The van der Waals surface area contributed by atoms with E-state index in [1.165, 1.54) is 13.2 Å². The van der Waals surface area contributed by atoms with Gasteiger partial charge in [0.25, 0.3) is 0 Å². The van der Waals surface area contributed by atoms with Gasteiger partial charge >= 0.3 is 5.97 Å². The number of ether oxygens (including phenoxy) is 2. The van der Waals surface area contributed by atoms with Crippen LogP contribution in [0.3, 0.4) is 0 Å². The van der Waals surface area contributed by atoms with Crippen LogP contribution in [0, 0.1) is 11.3 Å². The number of anilines is 1. The van der Waals surface area contributed by atoms with Gasteiger partial charge in [-0.25, -0.2) is 19.7 Å². The molecule has 0 radical (unpaired) electrons. The summed E-state index contributed by atoms with van der Waals surface area (Å²) in [5, 5.41) is 9.54. The Kier molecular flexibility index (Phi) is 5.25. The molecule has 0 atom stereocenters. The van der Waals surface area contributed by atoms with Gasteiger partial charge in [0.1, 0.15) is 16.7 Å². The Morgan fingerprint density at radius 1 is 1.21 bits per heavy atom. The lowest BCUT2D eigenvalue weighted by atomic mass is 10.1. The first kappa shape index (κ1) is 19.1. The second kappa shape index (κ2) is 7.99. The number of fused-ring (bicyclic) bond motifs is 1. The van der Waals surface area contributed by atoms with Crippen molar-refractivity contribution in [1.29, 1.82) is 5.26 Å². The van der Waals surface area contributed by atoms with Crippen molar-refractivity contribution in [3.05, 3.63) is 46.6 Å². The van der Waals surface area contributed by atoms with E-state index >= 15 is 0 Å². The average Bonchev–Trinajstić information content (AvgIpc) is 2.78. The van der Waals surface area contributed by atoms with Gasteiger partial charge in [0.05, 0.1) is 37.0 Å². The maximum absolute atomic E-state index is 12.0. The Morgan fingerprint density at radius 3 is 2.72 bits per heavy atom. The summed E-state index contributed by atoms with van der Waals surface area (Å²) in [5.74, 6) is -0.115. The summed E-state index contributed by atoms with van der Waals surface area (Å²) < 4.78 is 10.2. The quantitative estimate of drug-likeness (QED) is 0.608. The molecule has 3 aromatic rings. The Labute approximate surface area is 171 Å². The minimum absolute atomic E-state index is 0.0606. The Hall–Kier alpha value is -3.28. The number of aromatic nitrogens is 3. The van der Waals surface area contributed by atoms with E-state index in [0.717, 1.165) is 0 Å². The number of pyridine rings is 1. The number of nitrogens with zero attached hydrogens (tertiary/aromatic N) is 5. The topological polar surface area (TPSA) is 101 Å². The number of morpholine rings is 1. The third-order valence-corrected chi connectivity index (χ3v) is 4.84. The standard InChI is InChI=1S/C20H16ClN5O3/c1-28-19(27)15-10-14(21)17-18(23-15)16(13-4-2-3-12(9-13)11-22)24-20(25-17)26-5-7-29-8-6-26/h2-4,9-10H,5-8H2,1H3. The number of rotatable bonds is 3. The van der Waals surface area contributed by atoms with Gasteiger partial charge < -0.3 is 14.4 Å². The van der Waals surface area contributed by atoms with E-state index in [1.807, 2.05) is 11.0 Å². The molecule has 1 aromatic carbocycles. The minimum Gasteiger partial charge on any atom is -0.464 e. The molecule has 9 heteroatoms. The predicted octanol–water partition coefficient (Wildman–Crippen LogP) is 2.84. The lowest BCUT2D eigenvalue weighted by molar-refractivity contribution is 0.0594. The summed E-state index contributed by atoms with van der Waals surface area (Å²) >= 11 is 6.46. The number of hydrogen-bond acceptors (Lipinski definition) is 8. The van der Waals surface area contributed by atoms with Gasteiger partial charge in [-0.1, -0.05) is 23.7 Å². The summed E-state index contributed by atoms with van der Waals surface area (Å²) in [5.41, 5.74) is 2.50. The van der Waals surface area contributed by atoms with E-state index in [2.05, 4.69) is 16.0 Å². The van der Waals surface area contributed by atoms with Crippen molar-refractivity contribution in [3.63, 3.8) is 0 Å². The number of hydrogen-bond donors (Lipinski definition) is 0. The summed E-state index contributed by atoms with van der Waals surface area (Å²) in [6.07, 6.45) is 0. The molecule has 2 aromatic heterocycles. The number of esters is 1. The van der Waals surface area contributed by atoms with Crippen molar-refractivity contribution in [2.24, 2.45) is 0 Å². The molecule has 0 N–H and O–H groups in total. The Bertz CT molecular complexity index is 1140. The van der Waals surface area contributed by atoms with E-state index in [1.54, 1.807) is 18.2 Å². The molecule has 1 saturated heterocycles. The van der Waals surface area contributed by atoms with Crippen molar-refractivity contribution in [2.75, 3.05) is 38.3 Å². The molecule has 0 unspecified atom stereocenters. The molecule has 4 rings (SSSR count). The highest BCUT2D eigenvalue weighted by Crippen LogP contribution is 2.32. The van der Waals surface area contributed by atoms with Crippen LogP contribution in [0.15, 0.2) is 30.3 Å². The predicted molar refractivity (Wildman–Crippen MR) is 107 cm³/mol. The molecule has 1 aliphatic rings. The third-order valence-electron chi connectivity index (χ3n) is 4.55. The van der Waals surface area contributed by atoms with Gasteiger partial charge in [0.2, 0.25) is 5.95 Å². The number of halogens is 1. The zero-order valence-electron chi connectivity index (χ0n) is 15.6. The van der Waals surface area contributed by atoms with Gasteiger partial charge in [0.15, 0.2) is 5.69 Å². The fraction of sp³-hybridized carbons (Fsp3) is 0.250. The Balaban J connectivity index is 1.98. The monoisotopic (exact) mass is 409 g/mol. The van der Waals surface area contributed by atoms with E-state index in [0.29, 0.717) is 60.1 Å². The van der Waals surface area contributed by atoms with Gasteiger partial charge in [0, 0.05) is 18.7 Å². The minimum atomic E-state index is -0.609. The van der Waals surface area contributed by atoms with Crippen LogP contribution in [0.25, 0.3) is 22.3 Å². The second-order valence-corrected chi connectivity index (χ2v) is 6.75. The number of nitriles is 1. The van der Waals surface area contributed by atoms with Crippen LogP contribution in [0.5, 0.6) is 0 Å². The fourth-order valence-electron chi connectivity index (χ4n) is 3.11. The first-order valence-electron chi connectivity index (χ1n) is 8.90. The SMILES string of the molecule is COC(=O)c1cc(Cl)c2nc(N3CCOCC3)nc(-c3cccc(C#N)c3)c2n1. The fourth-order valence-corrected chi connectivity index (χ4v) is 3.34. The zero-order valence-corrected chi connectivity index (χ0v) is 16.3. The first-order chi connectivity index (χ1) is 14.1. The Morgan fingerprint density at radius 2 is 2.00 bits per heavy atom. The van der Waals surface area contributed by atoms with Gasteiger partial charge in [-0.15, -0.1) is 0 Å². The van der Waals surface area contributed by atoms with Crippen molar-refractivity contribution in [3.8, 4) is 17.3 Å². The molecule has 0 saturated carbocycles. The largest absolute Gasteiger partial charge is 0.464 e. The average molecular weight is 410 g/mol. The molecule has 146 valence electrons. The van der Waals surface area contributed by atoms with Crippen molar-refractivity contribution in [2.45, 2.75) is 0 Å². The maximum Gasteiger partial charge on any atom is 0.356 e. The third kappa shape index (κ3) is 3.70. The molecule has 0 aliphatic carbocycles. The number of benzene rings is 1. The number of methoxy groups -OCH3 is 1. The zero-order chi connectivity index (χ0) is 20.4. The van der Waals surface area contributed by atoms with Crippen molar-refractivity contribution >= 4 is 34.6 Å². The highest BCUT2D eigenvalue weighted by atomic mass is 35.5. The molecule has 8 nitrogen and oxygen atoms in total. The van der Waals surface area contributed by atoms with Crippen LogP contribution < -0.4 is 4.90 Å². The maximum atomic E-state index is 12.0. The van der Waals surface area contributed by atoms with Crippen molar-refractivity contribution < 1.29 is 14.3 Å². The first-order valence-corrected chi connectivity index (χ1v) is 9.28. The van der Waals surface area contributed by atoms with Gasteiger partial charge in [-0.05, 0) is 18.2 Å². The summed E-state index contributed by atoms with van der Waals surface area (Å²) in [6, 6.07) is 10.6.